The van der Waals surface area contributed by atoms with Gasteiger partial charge in [0.15, 0.2) is 0 Å². The molecule has 39 heavy (non-hydrogen) atoms. The van der Waals surface area contributed by atoms with E-state index in [0.717, 1.165) is 19.3 Å². The van der Waals surface area contributed by atoms with Crippen molar-refractivity contribution in [3.63, 3.8) is 0 Å². The fraction of sp³-hybridized carbons (Fsp3) is 0.179. The Morgan fingerprint density at radius 1 is 0.718 bits per heavy atom. The SMILES string of the molecule is CC1(C)C2=CC(c3c4c(c(-c5cccc6ccccc56)c5ccccc35)C=CCC4)=CCC2c2ccccc21. The van der Waals surface area contributed by atoms with Crippen LogP contribution in [0, 0.1) is 0 Å². The molecule has 0 spiro atoms. The summed E-state index contributed by atoms with van der Waals surface area (Å²) in [5, 5.41) is 5.35. The summed E-state index contributed by atoms with van der Waals surface area (Å²) in [5.41, 5.74) is 13.1. The van der Waals surface area contributed by atoms with E-state index in [1.54, 1.807) is 5.57 Å². The average Bonchev–Trinajstić information content (AvgIpc) is 3.21. The molecule has 0 radical (unpaired) electrons. The van der Waals surface area contributed by atoms with E-state index in [1.807, 2.05) is 0 Å². The van der Waals surface area contributed by atoms with Crippen LogP contribution >= 0.6 is 0 Å². The lowest BCUT2D eigenvalue weighted by Gasteiger charge is -2.30. The molecule has 0 N–H and O–H groups in total. The molecule has 0 nitrogen and oxygen atoms in total. The zero-order valence-electron chi connectivity index (χ0n) is 22.7. The van der Waals surface area contributed by atoms with Crippen molar-refractivity contribution in [2.75, 3.05) is 0 Å². The predicted octanol–water partition coefficient (Wildman–Crippen LogP) is 10.4. The van der Waals surface area contributed by atoms with Crippen molar-refractivity contribution in [1.82, 2.24) is 0 Å². The Kier molecular flexibility index (Phi) is 4.92. The molecule has 0 aliphatic heterocycles. The van der Waals surface area contributed by atoms with Crippen LogP contribution in [0.3, 0.4) is 0 Å². The Morgan fingerprint density at radius 3 is 2.31 bits per heavy atom. The van der Waals surface area contributed by atoms with Gasteiger partial charge < -0.3 is 0 Å². The van der Waals surface area contributed by atoms with Gasteiger partial charge in [-0.3, -0.25) is 0 Å². The molecule has 0 heterocycles. The summed E-state index contributed by atoms with van der Waals surface area (Å²) in [6.07, 6.45) is 13.1. The van der Waals surface area contributed by atoms with Crippen LogP contribution in [0.1, 0.15) is 60.4 Å². The zero-order valence-corrected chi connectivity index (χ0v) is 22.7. The van der Waals surface area contributed by atoms with Crippen molar-refractivity contribution in [1.29, 1.82) is 0 Å². The summed E-state index contributed by atoms with van der Waals surface area (Å²) in [6, 6.07) is 33.8. The summed E-state index contributed by atoms with van der Waals surface area (Å²) in [6.45, 7) is 4.83. The number of hydrogen-bond acceptors (Lipinski definition) is 0. The molecule has 5 aromatic carbocycles. The van der Waals surface area contributed by atoms with E-state index in [-0.39, 0.29) is 5.41 Å². The Labute approximate surface area is 231 Å². The van der Waals surface area contributed by atoms with E-state index in [4.69, 9.17) is 0 Å². The van der Waals surface area contributed by atoms with E-state index in [9.17, 15) is 0 Å². The van der Waals surface area contributed by atoms with E-state index >= 15 is 0 Å². The molecule has 0 amide bonds. The van der Waals surface area contributed by atoms with E-state index in [1.165, 1.54) is 66.1 Å². The minimum Gasteiger partial charge on any atom is -0.0836 e. The first kappa shape index (κ1) is 22.8. The predicted molar refractivity (Wildman–Crippen MR) is 167 cm³/mol. The van der Waals surface area contributed by atoms with Crippen molar-refractivity contribution in [2.45, 2.75) is 44.4 Å². The monoisotopic (exact) mass is 500 g/mol. The van der Waals surface area contributed by atoms with Crippen molar-refractivity contribution >= 4 is 33.2 Å². The van der Waals surface area contributed by atoms with Crippen LogP contribution in [-0.4, -0.2) is 0 Å². The number of fused-ring (bicyclic) bond motifs is 6. The van der Waals surface area contributed by atoms with Crippen LogP contribution in [-0.2, 0) is 11.8 Å². The Balaban J connectivity index is 1.41. The summed E-state index contributed by atoms with van der Waals surface area (Å²) in [7, 11) is 0. The molecule has 1 atom stereocenters. The van der Waals surface area contributed by atoms with Gasteiger partial charge in [0.2, 0.25) is 0 Å². The van der Waals surface area contributed by atoms with Crippen LogP contribution in [0.2, 0.25) is 0 Å². The van der Waals surface area contributed by atoms with Gasteiger partial charge >= 0.3 is 0 Å². The number of hydrogen-bond donors (Lipinski definition) is 0. The number of allylic oxidation sites excluding steroid dienone is 5. The van der Waals surface area contributed by atoms with Gasteiger partial charge in [-0.05, 0) is 85.3 Å². The molecule has 0 saturated carbocycles. The highest BCUT2D eigenvalue weighted by molar-refractivity contribution is 6.13. The minimum absolute atomic E-state index is 0.0550. The zero-order chi connectivity index (χ0) is 26.1. The first-order valence-electron chi connectivity index (χ1n) is 14.4. The highest BCUT2D eigenvalue weighted by Gasteiger charge is 2.42. The summed E-state index contributed by atoms with van der Waals surface area (Å²) < 4.78 is 0. The van der Waals surface area contributed by atoms with Gasteiger partial charge in [0.1, 0.15) is 0 Å². The van der Waals surface area contributed by atoms with Gasteiger partial charge in [-0.1, -0.05) is 135 Å². The maximum Gasteiger partial charge on any atom is 0.0118 e. The minimum atomic E-state index is 0.0550. The van der Waals surface area contributed by atoms with Crippen molar-refractivity contribution in [2.24, 2.45) is 0 Å². The average molecular weight is 501 g/mol. The molecular formula is C39H32. The topological polar surface area (TPSA) is 0 Å². The largest absolute Gasteiger partial charge is 0.0836 e. The van der Waals surface area contributed by atoms with Gasteiger partial charge in [0.25, 0.3) is 0 Å². The molecule has 0 heteroatoms. The van der Waals surface area contributed by atoms with Gasteiger partial charge in [-0.25, -0.2) is 0 Å². The van der Waals surface area contributed by atoms with E-state index in [2.05, 4.69) is 129 Å². The lowest BCUT2D eigenvalue weighted by atomic mass is 9.74. The van der Waals surface area contributed by atoms with Crippen LogP contribution < -0.4 is 0 Å². The lowest BCUT2D eigenvalue weighted by molar-refractivity contribution is 0.613. The Morgan fingerprint density at radius 2 is 1.44 bits per heavy atom. The number of benzene rings is 5. The summed E-state index contributed by atoms with van der Waals surface area (Å²) in [5.74, 6) is 0.497. The molecule has 0 fully saturated rings. The normalized spacial score (nSPS) is 18.9. The first-order chi connectivity index (χ1) is 19.1. The van der Waals surface area contributed by atoms with Gasteiger partial charge in [-0.15, -0.1) is 0 Å². The molecule has 0 bridgehead atoms. The van der Waals surface area contributed by atoms with Crippen LogP contribution in [0.4, 0.5) is 0 Å². The molecule has 5 aromatic rings. The third-order valence-electron chi connectivity index (χ3n) is 9.55. The third kappa shape index (κ3) is 3.24. The summed E-state index contributed by atoms with van der Waals surface area (Å²) in [4.78, 5) is 0. The Hall–Kier alpha value is -4.16. The second-order valence-electron chi connectivity index (χ2n) is 11.9. The highest BCUT2D eigenvalue weighted by atomic mass is 14.5. The molecular weight excluding hydrogens is 468 g/mol. The van der Waals surface area contributed by atoms with Crippen molar-refractivity contribution in [3.05, 3.63) is 143 Å². The lowest BCUT2D eigenvalue weighted by Crippen LogP contribution is -2.18. The van der Waals surface area contributed by atoms with Crippen molar-refractivity contribution in [3.8, 4) is 11.1 Å². The molecule has 1 unspecified atom stereocenters. The van der Waals surface area contributed by atoms with Gasteiger partial charge in [-0.2, -0.15) is 0 Å². The molecule has 8 rings (SSSR count). The first-order valence-corrected chi connectivity index (χ1v) is 14.4. The maximum atomic E-state index is 2.56. The van der Waals surface area contributed by atoms with E-state index < -0.39 is 0 Å². The molecule has 3 aliphatic carbocycles. The van der Waals surface area contributed by atoms with Crippen LogP contribution in [0.25, 0.3) is 44.3 Å². The fourth-order valence-electron chi connectivity index (χ4n) is 7.76. The van der Waals surface area contributed by atoms with Crippen molar-refractivity contribution < 1.29 is 0 Å². The quantitative estimate of drug-likeness (QED) is 0.226. The van der Waals surface area contributed by atoms with Gasteiger partial charge in [0, 0.05) is 11.3 Å². The van der Waals surface area contributed by atoms with E-state index in [0.29, 0.717) is 5.92 Å². The second-order valence-corrected chi connectivity index (χ2v) is 11.9. The molecule has 0 saturated heterocycles. The van der Waals surface area contributed by atoms with Crippen LogP contribution in [0.5, 0.6) is 0 Å². The second kappa shape index (κ2) is 8.42. The maximum absolute atomic E-state index is 2.56. The molecule has 0 aromatic heterocycles. The highest BCUT2D eigenvalue weighted by Crippen LogP contribution is 2.55. The molecule has 188 valence electrons. The third-order valence-corrected chi connectivity index (χ3v) is 9.55. The van der Waals surface area contributed by atoms with Crippen LogP contribution in [0.15, 0.2) is 115 Å². The summed E-state index contributed by atoms with van der Waals surface area (Å²) >= 11 is 0. The van der Waals surface area contributed by atoms with Gasteiger partial charge in [0.05, 0.1) is 0 Å². The standard InChI is InChI=1S/C39H32/c1-39(2)35-21-10-9-15-28(35)29-23-22-26(24-36(29)39)37-31-16-5-7-18-33(31)38(34-19-8-6-17-32(34)37)30-20-11-13-25-12-3-4-14-27(25)30/h3-5,7-16,18-22,24,29H,6,17,23H2,1-2H3. The smallest absolute Gasteiger partial charge is 0.0118 e. The molecule has 3 aliphatic rings. The fourth-order valence-corrected chi connectivity index (χ4v) is 7.76. The number of rotatable bonds is 2. The Bertz CT molecular complexity index is 1900.